The van der Waals surface area contributed by atoms with Crippen LogP contribution >= 0.6 is 11.6 Å². The highest BCUT2D eigenvalue weighted by molar-refractivity contribution is 6.32. The quantitative estimate of drug-likeness (QED) is 0.565. The fraction of sp³-hybridized carbons (Fsp3) is 0.353. The maximum atomic E-state index is 11.8. The van der Waals surface area contributed by atoms with E-state index in [-0.39, 0.29) is 5.91 Å². The summed E-state index contributed by atoms with van der Waals surface area (Å²) in [6, 6.07) is 3.24. The van der Waals surface area contributed by atoms with E-state index in [9.17, 15) is 14.4 Å². The molecule has 0 bridgehead atoms. The fourth-order valence-corrected chi connectivity index (χ4v) is 2.67. The number of carbonyl (C=O) groups excluding carboxylic acids is 3. The number of amides is 2. The minimum absolute atomic E-state index is 0.239. The third-order valence-electron chi connectivity index (χ3n) is 3.58. The summed E-state index contributed by atoms with van der Waals surface area (Å²) in [4.78, 5) is 36.0. The molecule has 0 aliphatic carbocycles. The smallest absolute Gasteiger partial charge is 0.331 e. The SMILES string of the molecule is COc1cc(C=CC(=O)OCC(=O)N2CCCC2=O)cc(Cl)c1OC. The van der Waals surface area contributed by atoms with Gasteiger partial charge in [-0.25, -0.2) is 4.79 Å². The molecule has 0 aromatic heterocycles. The lowest BCUT2D eigenvalue weighted by molar-refractivity contribution is -0.151. The average Bonchev–Trinajstić information content (AvgIpc) is 3.03. The molecule has 8 heteroatoms. The first-order valence-electron chi connectivity index (χ1n) is 7.55. The average molecular weight is 368 g/mol. The zero-order valence-electron chi connectivity index (χ0n) is 13.9. The van der Waals surface area contributed by atoms with Crippen molar-refractivity contribution >= 4 is 35.5 Å². The van der Waals surface area contributed by atoms with Gasteiger partial charge in [0.15, 0.2) is 18.1 Å². The maximum absolute atomic E-state index is 11.8. The number of rotatable bonds is 6. The molecule has 1 aromatic carbocycles. The summed E-state index contributed by atoms with van der Waals surface area (Å²) in [7, 11) is 2.94. The van der Waals surface area contributed by atoms with Crippen molar-refractivity contribution in [2.75, 3.05) is 27.4 Å². The first kappa shape index (κ1) is 18.8. The molecule has 0 N–H and O–H groups in total. The van der Waals surface area contributed by atoms with Crippen LogP contribution in [0, 0.1) is 0 Å². The van der Waals surface area contributed by atoms with Crippen LogP contribution in [0.3, 0.4) is 0 Å². The summed E-state index contributed by atoms with van der Waals surface area (Å²) in [6.07, 6.45) is 3.62. The van der Waals surface area contributed by atoms with Crippen LogP contribution in [0.4, 0.5) is 0 Å². The Hall–Kier alpha value is -2.54. The van der Waals surface area contributed by atoms with Crippen LogP contribution in [0.1, 0.15) is 18.4 Å². The van der Waals surface area contributed by atoms with Gasteiger partial charge in [0.2, 0.25) is 5.91 Å². The first-order chi connectivity index (χ1) is 12.0. The number of nitrogens with zero attached hydrogens (tertiary/aromatic N) is 1. The van der Waals surface area contributed by atoms with Gasteiger partial charge in [-0.2, -0.15) is 0 Å². The standard InChI is InChI=1S/C17H18ClNO6/c1-23-13-9-11(8-12(18)17(13)24-2)5-6-16(22)25-10-15(21)19-7-3-4-14(19)20/h5-6,8-9H,3-4,7,10H2,1-2H3. The molecule has 0 spiro atoms. The molecule has 0 radical (unpaired) electrons. The van der Waals surface area contributed by atoms with E-state index in [2.05, 4.69) is 0 Å². The van der Waals surface area contributed by atoms with Gasteiger partial charge in [-0.05, 0) is 30.2 Å². The number of esters is 1. The van der Waals surface area contributed by atoms with E-state index in [0.29, 0.717) is 41.5 Å². The van der Waals surface area contributed by atoms with Crippen LogP contribution < -0.4 is 9.47 Å². The molecular formula is C17H18ClNO6. The van der Waals surface area contributed by atoms with Crippen molar-refractivity contribution in [1.29, 1.82) is 0 Å². The second-order valence-corrected chi connectivity index (χ2v) is 5.63. The monoisotopic (exact) mass is 367 g/mol. The first-order valence-corrected chi connectivity index (χ1v) is 7.93. The number of likely N-dealkylation sites (tertiary alicyclic amines) is 1. The van der Waals surface area contributed by atoms with Crippen LogP contribution in [-0.2, 0) is 19.1 Å². The Labute approximate surface area is 150 Å². The van der Waals surface area contributed by atoms with Crippen molar-refractivity contribution in [1.82, 2.24) is 4.90 Å². The molecule has 1 heterocycles. The van der Waals surface area contributed by atoms with Crippen molar-refractivity contribution in [2.24, 2.45) is 0 Å². The van der Waals surface area contributed by atoms with E-state index in [1.165, 1.54) is 20.3 Å². The molecular weight excluding hydrogens is 350 g/mol. The van der Waals surface area contributed by atoms with Gasteiger partial charge in [-0.3, -0.25) is 14.5 Å². The number of benzene rings is 1. The Kier molecular flexibility index (Phi) is 6.41. The maximum Gasteiger partial charge on any atom is 0.331 e. The fourth-order valence-electron chi connectivity index (χ4n) is 2.37. The van der Waals surface area contributed by atoms with Crippen molar-refractivity contribution in [3.63, 3.8) is 0 Å². The summed E-state index contributed by atoms with van der Waals surface area (Å²) in [5.74, 6) is -0.642. The van der Waals surface area contributed by atoms with E-state index in [0.717, 1.165) is 11.0 Å². The van der Waals surface area contributed by atoms with Crippen molar-refractivity contribution in [2.45, 2.75) is 12.8 Å². The lowest BCUT2D eigenvalue weighted by Gasteiger charge is -2.12. The van der Waals surface area contributed by atoms with Crippen LogP contribution in [0.5, 0.6) is 11.5 Å². The second-order valence-electron chi connectivity index (χ2n) is 5.22. The molecule has 25 heavy (non-hydrogen) atoms. The third-order valence-corrected chi connectivity index (χ3v) is 3.86. The van der Waals surface area contributed by atoms with Gasteiger partial charge in [0.1, 0.15) is 0 Å². The highest BCUT2D eigenvalue weighted by Gasteiger charge is 2.26. The normalized spacial score (nSPS) is 14.0. The highest BCUT2D eigenvalue weighted by atomic mass is 35.5. The van der Waals surface area contributed by atoms with Gasteiger partial charge in [0.25, 0.3) is 5.91 Å². The number of halogens is 1. The van der Waals surface area contributed by atoms with E-state index in [1.807, 2.05) is 0 Å². The Bertz CT molecular complexity index is 715. The molecule has 1 fully saturated rings. The largest absolute Gasteiger partial charge is 0.493 e. The van der Waals surface area contributed by atoms with E-state index in [1.54, 1.807) is 12.1 Å². The van der Waals surface area contributed by atoms with Gasteiger partial charge >= 0.3 is 5.97 Å². The molecule has 2 amide bonds. The number of ether oxygens (including phenoxy) is 3. The number of carbonyl (C=O) groups is 3. The minimum atomic E-state index is -0.703. The Morgan fingerprint density at radius 3 is 2.64 bits per heavy atom. The third kappa shape index (κ3) is 4.73. The van der Waals surface area contributed by atoms with Crippen LogP contribution in [0.15, 0.2) is 18.2 Å². The molecule has 7 nitrogen and oxygen atoms in total. The Morgan fingerprint density at radius 2 is 2.04 bits per heavy atom. The summed E-state index contributed by atoms with van der Waals surface area (Å²) >= 11 is 6.08. The Balaban J connectivity index is 1.95. The lowest BCUT2D eigenvalue weighted by Crippen LogP contribution is -2.35. The predicted molar refractivity (Wildman–Crippen MR) is 90.5 cm³/mol. The van der Waals surface area contributed by atoms with E-state index in [4.69, 9.17) is 25.8 Å². The highest BCUT2D eigenvalue weighted by Crippen LogP contribution is 2.36. The van der Waals surface area contributed by atoms with Gasteiger partial charge in [-0.1, -0.05) is 11.6 Å². The van der Waals surface area contributed by atoms with Gasteiger partial charge in [0, 0.05) is 19.0 Å². The minimum Gasteiger partial charge on any atom is -0.493 e. The molecule has 1 aromatic rings. The summed E-state index contributed by atoms with van der Waals surface area (Å²) in [5.41, 5.74) is 0.598. The molecule has 0 atom stereocenters. The molecule has 1 aliphatic rings. The molecule has 0 unspecified atom stereocenters. The van der Waals surface area contributed by atoms with Crippen LogP contribution in [-0.4, -0.2) is 50.1 Å². The van der Waals surface area contributed by atoms with Crippen molar-refractivity contribution in [3.8, 4) is 11.5 Å². The van der Waals surface area contributed by atoms with Gasteiger partial charge < -0.3 is 14.2 Å². The zero-order chi connectivity index (χ0) is 18.4. The second kappa shape index (κ2) is 8.53. The molecule has 134 valence electrons. The zero-order valence-corrected chi connectivity index (χ0v) is 14.7. The van der Waals surface area contributed by atoms with E-state index < -0.39 is 18.5 Å². The van der Waals surface area contributed by atoms with Crippen LogP contribution in [0.2, 0.25) is 5.02 Å². The van der Waals surface area contributed by atoms with Crippen molar-refractivity contribution in [3.05, 3.63) is 28.8 Å². The molecule has 1 saturated heterocycles. The number of methoxy groups -OCH3 is 2. The topological polar surface area (TPSA) is 82.1 Å². The number of hydrogen-bond acceptors (Lipinski definition) is 6. The van der Waals surface area contributed by atoms with Crippen LogP contribution in [0.25, 0.3) is 6.08 Å². The van der Waals surface area contributed by atoms with Gasteiger partial charge in [0.05, 0.1) is 19.2 Å². The number of imide groups is 1. The molecule has 0 saturated carbocycles. The number of hydrogen-bond donors (Lipinski definition) is 0. The summed E-state index contributed by atoms with van der Waals surface area (Å²) in [6.45, 7) is -0.100. The lowest BCUT2D eigenvalue weighted by atomic mass is 10.2. The Morgan fingerprint density at radius 1 is 1.28 bits per heavy atom. The summed E-state index contributed by atoms with van der Waals surface area (Å²) in [5, 5.41) is 0.331. The van der Waals surface area contributed by atoms with Gasteiger partial charge in [-0.15, -0.1) is 0 Å². The summed E-state index contributed by atoms with van der Waals surface area (Å²) < 4.78 is 15.2. The van der Waals surface area contributed by atoms with E-state index >= 15 is 0 Å². The van der Waals surface area contributed by atoms with Crippen molar-refractivity contribution < 1.29 is 28.6 Å². The molecule has 2 rings (SSSR count). The predicted octanol–water partition coefficient (Wildman–Crippen LogP) is 2.06. The molecule has 1 aliphatic heterocycles.